The average molecular weight is 256 g/mol. The zero-order chi connectivity index (χ0) is 14.8. The Bertz CT molecular complexity index is 455. The van der Waals surface area contributed by atoms with Crippen LogP contribution in [0.5, 0.6) is 0 Å². The molecule has 2 rings (SSSR count). The summed E-state index contributed by atoms with van der Waals surface area (Å²) in [5, 5.41) is 0. The van der Waals surface area contributed by atoms with E-state index < -0.39 is 0 Å². The van der Waals surface area contributed by atoms with Crippen LogP contribution in [0.1, 0.15) is 38.8 Å². The van der Waals surface area contributed by atoms with Crippen LogP contribution < -0.4 is 5.46 Å². The zero-order valence-electron chi connectivity index (χ0n) is 13.1. The molecule has 2 heteroatoms. The molecule has 0 radical (unpaired) electrons. The summed E-state index contributed by atoms with van der Waals surface area (Å²) < 4.78 is 6.24. The van der Waals surface area contributed by atoms with E-state index in [1.807, 2.05) is 0 Å². The van der Waals surface area contributed by atoms with E-state index in [9.17, 15) is 0 Å². The molecule has 1 aliphatic heterocycles. The second kappa shape index (κ2) is 5.43. The van der Waals surface area contributed by atoms with Crippen molar-refractivity contribution in [2.45, 2.75) is 53.5 Å². The molecule has 0 bridgehead atoms. The monoisotopic (exact) mass is 256 g/mol. The Hall–Kier alpha value is -1.20. The molecule has 102 valence electrons. The van der Waals surface area contributed by atoms with Gasteiger partial charge in [-0.25, -0.2) is 0 Å². The molecule has 1 aromatic carbocycles. The maximum Gasteiger partial charge on any atom is 0.327 e. The van der Waals surface area contributed by atoms with E-state index in [1.165, 1.54) is 16.6 Å². The van der Waals surface area contributed by atoms with Crippen LogP contribution in [-0.2, 0) is 4.65 Å². The maximum absolute atomic E-state index is 6.24. The normalized spacial score (nSPS) is 19.7. The molecule has 0 unspecified atom stereocenters. The highest BCUT2D eigenvalue weighted by Gasteiger charge is 2.49. The number of benzene rings is 1. The maximum atomic E-state index is 6.24. The first-order valence-corrected chi connectivity index (χ1v) is 6.81. The molecule has 1 saturated heterocycles. The molecule has 0 aliphatic carbocycles. The first-order chi connectivity index (χ1) is 8.73. The molecular weight excluding hydrogens is 231 g/mol. The molecule has 0 saturated carbocycles. The van der Waals surface area contributed by atoms with Crippen molar-refractivity contribution in [3.8, 4) is 12.8 Å². The van der Waals surface area contributed by atoms with E-state index in [1.54, 1.807) is 0 Å². The van der Waals surface area contributed by atoms with E-state index in [-0.39, 0.29) is 17.9 Å². The van der Waals surface area contributed by atoms with Gasteiger partial charge in [-0.3, -0.25) is 0 Å². The van der Waals surface area contributed by atoms with Crippen molar-refractivity contribution in [3.63, 3.8) is 0 Å². The Morgan fingerprint density at radius 3 is 2.05 bits per heavy atom. The lowest BCUT2D eigenvalue weighted by atomic mass is 9.54. The highest BCUT2D eigenvalue weighted by Crippen LogP contribution is 2.45. The van der Waals surface area contributed by atoms with Gasteiger partial charge < -0.3 is 4.65 Å². The van der Waals surface area contributed by atoms with E-state index in [0.717, 1.165) is 6.32 Å². The predicted molar refractivity (Wildman–Crippen MR) is 84.9 cm³/mol. The lowest BCUT2D eigenvalue weighted by molar-refractivity contribution is 0.0375. The van der Waals surface area contributed by atoms with Crippen LogP contribution >= 0.6 is 0 Å². The van der Waals surface area contributed by atoms with Crippen molar-refractivity contribution in [3.05, 3.63) is 29.3 Å². The third-order valence-electron chi connectivity index (χ3n) is 4.67. The highest BCUT2D eigenvalue weighted by atomic mass is 16.5. The van der Waals surface area contributed by atoms with Gasteiger partial charge in [0.2, 0.25) is 0 Å². The zero-order valence-corrected chi connectivity index (χ0v) is 13.1. The van der Waals surface area contributed by atoms with Gasteiger partial charge in [0.05, 0.1) is 5.60 Å². The average Bonchev–Trinajstić information content (AvgIpc) is 2.55. The lowest BCUT2D eigenvalue weighted by Crippen LogP contribution is -2.36. The SMILES string of the molecule is C#C.Cc1ccc(B2CC(C)(C)C(C)(C)O2)cc1C. The minimum Gasteiger partial charge on any atom is -0.426 e. The summed E-state index contributed by atoms with van der Waals surface area (Å²) in [6.07, 6.45) is 9.10. The summed E-state index contributed by atoms with van der Waals surface area (Å²) in [7, 11) is 0. The summed E-state index contributed by atoms with van der Waals surface area (Å²) in [5.74, 6) is 0. The number of rotatable bonds is 1. The van der Waals surface area contributed by atoms with Crippen LogP contribution in [0.2, 0.25) is 6.32 Å². The molecular formula is C17H25BO. The smallest absolute Gasteiger partial charge is 0.327 e. The van der Waals surface area contributed by atoms with Gasteiger partial charge in [0.1, 0.15) is 0 Å². The summed E-state index contributed by atoms with van der Waals surface area (Å²) in [6, 6.07) is 6.69. The topological polar surface area (TPSA) is 9.23 Å². The third kappa shape index (κ3) is 3.04. The van der Waals surface area contributed by atoms with E-state index in [4.69, 9.17) is 4.65 Å². The van der Waals surface area contributed by atoms with Crippen LogP contribution in [0, 0.1) is 32.1 Å². The molecule has 1 aliphatic rings. The predicted octanol–water partition coefficient (Wildman–Crippen LogP) is 3.59. The Kier molecular flexibility index (Phi) is 4.53. The molecule has 1 heterocycles. The number of hydrogen-bond acceptors (Lipinski definition) is 1. The van der Waals surface area contributed by atoms with Crippen LogP contribution in [-0.4, -0.2) is 12.5 Å². The second-order valence-electron chi connectivity index (χ2n) is 6.55. The number of hydrogen-bond donors (Lipinski definition) is 0. The first kappa shape index (κ1) is 15.9. The summed E-state index contributed by atoms with van der Waals surface area (Å²) >= 11 is 0. The molecule has 1 aromatic rings. The molecule has 0 N–H and O–H groups in total. The van der Waals surface area contributed by atoms with Gasteiger partial charge in [-0.15, -0.1) is 12.8 Å². The summed E-state index contributed by atoms with van der Waals surface area (Å²) in [6.45, 7) is 13.6. The van der Waals surface area contributed by atoms with E-state index >= 15 is 0 Å². The first-order valence-electron chi connectivity index (χ1n) is 6.81. The van der Waals surface area contributed by atoms with Crippen LogP contribution in [0.15, 0.2) is 18.2 Å². The Morgan fingerprint density at radius 2 is 1.63 bits per heavy atom. The standard InChI is InChI=1S/C15H23BO.C2H2/c1-11-7-8-13(9-12(11)2)16-10-14(3,4)15(5,6)17-16;1-2/h7-9H,10H2,1-6H3;1-2H. The molecule has 1 fully saturated rings. The van der Waals surface area contributed by atoms with Crippen LogP contribution in [0.25, 0.3) is 0 Å². The number of terminal acetylenes is 1. The van der Waals surface area contributed by atoms with Gasteiger partial charge in [0.15, 0.2) is 0 Å². The van der Waals surface area contributed by atoms with Crippen LogP contribution in [0.3, 0.4) is 0 Å². The fourth-order valence-electron chi connectivity index (χ4n) is 2.42. The van der Waals surface area contributed by atoms with Gasteiger partial charge in [-0.2, -0.15) is 0 Å². The van der Waals surface area contributed by atoms with Crippen LogP contribution in [0.4, 0.5) is 0 Å². The second-order valence-corrected chi connectivity index (χ2v) is 6.55. The summed E-state index contributed by atoms with van der Waals surface area (Å²) in [5.41, 5.74) is 4.22. The Labute approximate surface area is 118 Å². The van der Waals surface area contributed by atoms with Gasteiger partial charge in [0.25, 0.3) is 0 Å². The van der Waals surface area contributed by atoms with Gasteiger partial charge >= 0.3 is 6.92 Å². The number of aryl methyl sites for hydroxylation is 2. The minimum absolute atomic E-state index is 0.0452. The molecule has 0 spiro atoms. The van der Waals surface area contributed by atoms with Crippen molar-refractivity contribution in [2.75, 3.05) is 0 Å². The van der Waals surface area contributed by atoms with Crippen molar-refractivity contribution in [1.82, 2.24) is 0 Å². The van der Waals surface area contributed by atoms with Gasteiger partial charge in [-0.05, 0) is 56.0 Å². The fraction of sp³-hybridized carbons (Fsp3) is 0.529. The van der Waals surface area contributed by atoms with Gasteiger partial charge in [0, 0.05) is 0 Å². The van der Waals surface area contributed by atoms with Crippen molar-refractivity contribution in [2.24, 2.45) is 5.41 Å². The molecule has 19 heavy (non-hydrogen) atoms. The highest BCUT2D eigenvalue weighted by molar-refractivity contribution is 6.68. The molecule has 0 atom stereocenters. The largest absolute Gasteiger partial charge is 0.426 e. The van der Waals surface area contributed by atoms with Crippen molar-refractivity contribution in [1.29, 1.82) is 0 Å². The van der Waals surface area contributed by atoms with E-state index in [2.05, 4.69) is 72.6 Å². The third-order valence-corrected chi connectivity index (χ3v) is 4.67. The lowest BCUT2D eigenvalue weighted by Gasteiger charge is -2.34. The van der Waals surface area contributed by atoms with Crippen molar-refractivity contribution < 1.29 is 4.65 Å². The molecule has 0 aromatic heterocycles. The molecule has 0 amide bonds. The quantitative estimate of drug-likeness (QED) is 0.551. The molecule has 1 nitrogen and oxygen atoms in total. The summed E-state index contributed by atoms with van der Waals surface area (Å²) in [4.78, 5) is 0. The van der Waals surface area contributed by atoms with E-state index in [0.29, 0.717) is 0 Å². The Balaban J connectivity index is 0.000000861. The van der Waals surface area contributed by atoms with Crippen molar-refractivity contribution >= 4 is 12.4 Å². The fourth-order valence-corrected chi connectivity index (χ4v) is 2.42. The minimum atomic E-state index is -0.0452. The Morgan fingerprint density at radius 1 is 1.05 bits per heavy atom. The van der Waals surface area contributed by atoms with Gasteiger partial charge in [-0.1, -0.05) is 32.0 Å².